The molecular formula is C16H22BrNO3. The predicted octanol–water partition coefficient (Wildman–Crippen LogP) is 2.87. The largest absolute Gasteiger partial charge is 0.489 e. The van der Waals surface area contributed by atoms with Gasteiger partial charge in [0, 0.05) is 30.3 Å². The van der Waals surface area contributed by atoms with E-state index in [1.54, 1.807) is 7.11 Å². The number of nitrogens with one attached hydrogen (secondary N) is 1. The van der Waals surface area contributed by atoms with Crippen LogP contribution in [-0.4, -0.2) is 46.6 Å². The number of ether oxygens (including phenoxy) is 3. The zero-order chi connectivity index (χ0) is 14.9. The van der Waals surface area contributed by atoms with Crippen molar-refractivity contribution in [1.82, 2.24) is 5.32 Å². The summed E-state index contributed by atoms with van der Waals surface area (Å²) in [5.74, 6) is 0.952. The van der Waals surface area contributed by atoms with E-state index >= 15 is 0 Å². The first-order valence-electron chi connectivity index (χ1n) is 7.19. The summed E-state index contributed by atoms with van der Waals surface area (Å²) in [6.45, 7) is 4.54. The fraction of sp³-hybridized carbons (Fsp3) is 0.500. The molecule has 0 aromatic heterocycles. The zero-order valence-electron chi connectivity index (χ0n) is 12.4. The molecule has 0 amide bonds. The normalized spacial score (nSPS) is 13.5. The molecule has 0 aliphatic carbocycles. The maximum absolute atomic E-state index is 5.75. The molecule has 0 fully saturated rings. The van der Waals surface area contributed by atoms with Crippen molar-refractivity contribution in [3.05, 3.63) is 33.8 Å². The average molecular weight is 356 g/mol. The molecule has 2 rings (SSSR count). The van der Waals surface area contributed by atoms with E-state index < -0.39 is 0 Å². The van der Waals surface area contributed by atoms with Gasteiger partial charge in [0.15, 0.2) is 0 Å². The molecule has 1 heterocycles. The van der Waals surface area contributed by atoms with Gasteiger partial charge in [-0.15, -0.1) is 0 Å². The molecular weight excluding hydrogens is 334 g/mol. The maximum Gasteiger partial charge on any atom is 0.127 e. The highest BCUT2D eigenvalue weighted by molar-refractivity contribution is 9.10. The summed E-state index contributed by atoms with van der Waals surface area (Å²) < 4.78 is 17.2. The highest BCUT2D eigenvalue weighted by Crippen LogP contribution is 2.28. The van der Waals surface area contributed by atoms with Crippen molar-refractivity contribution in [3.63, 3.8) is 0 Å². The van der Waals surface area contributed by atoms with Gasteiger partial charge in [-0.25, -0.2) is 0 Å². The van der Waals surface area contributed by atoms with E-state index in [1.165, 1.54) is 5.57 Å². The van der Waals surface area contributed by atoms with Crippen LogP contribution in [0, 0.1) is 0 Å². The predicted molar refractivity (Wildman–Crippen MR) is 87.8 cm³/mol. The first-order valence-corrected chi connectivity index (χ1v) is 7.98. The third kappa shape index (κ3) is 5.79. The van der Waals surface area contributed by atoms with Gasteiger partial charge < -0.3 is 19.5 Å². The molecule has 0 saturated carbocycles. The molecule has 0 saturated heterocycles. The number of benzene rings is 1. The second kappa shape index (κ2) is 9.20. The van der Waals surface area contributed by atoms with E-state index in [0.29, 0.717) is 19.8 Å². The second-order valence-corrected chi connectivity index (χ2v) is 5.82. The Hall–Kier alpha value is -0.880. The van der Waals surface area contributed by atoms with Crippen molar-refractivity contribution in [1.29, 1.82) is 0 Å². The van der Waals surface area contributed by atoms with Crippen LogP contribution in [-0.2, 0) is 9.47 Å². The van der Waals surface area contributed by atoms with Gasteiger partial charge in [0.25, 0.3) is 0 Å². The molecule has 0 radical (unpaired) electrons. The molecule has 1 aromatic rings. The third-order valence-corrected chi connectivity index (χ3v) is 3.66. The Labute approximate surface area is 134 Å². The number of fused-ring (bicyclic) bond motifs is 1. The van der Waals surface area contributed by atoms with Crippen LogP contribution in [0.1, 0.15) is 12.0 Å². The first kappa shape index (κ1) is 16.5. The lowest BCUT2D eigenvalue weighted by Gasteiger charge is -2.18. The number of rotatable bonds is 9. The minimum atomic E-state index is 0.659. The van der Waals surface area contributed by atoms with E-state index in [9.17, 15) is 0 Å². The molecule has 0 spiro atoms. The Morgan fingerprint density at radius 2 is 2.19 bits per heavy atom. The van der Waals surface area contributed by atoms with Crippen molar-refractivity contribution >= 4 is 22.0 Å². The fourth-order valence-electron chi connectivity index (χ4n) is 2.09. The minimum absolute atomic E-state index is 0.659. The van der Waals surface area contributed by atoms with Gasteiger partial charge in [0.05, 0.1) is 13.2 Å². The van der Waals surface area contributed by atoms with E-state index in [0.717, 1.165) is 41.9 Å². The Kier molecular flexibility index (Phi) is 7.23. The van der Waals surface area contributed by atoms with E-state index in [-0.39, 0.29) is 0 Å². The second-order valence-electron chi connectivity index (χ2n) is 4.91. The number of hydrogen-bond acceptors (Lipinski definition) is 4. The highest BCUT2D eigenvalue weighted by Gasteiger charge is 2.11. The van der Waals surface area contributed by atoms with Gasteiger partial charge in [-0.1, -0.05) is 15.9 Å². The molecule has 0 unspecified atom stereocenters. The van der Waals surface area contributed by atoms with Crippen LogP contribution in [0.5, 0.6) is 5.75 Å². The smallest absolute Gasteiger partial charge is 0.127 e. The van der Waals surface area contributed by atoms with Crippen LogP contribution < -0.4 is 10.1 Å². The van der Waals surface area contributed by atoms with Gasteiger partial charge in [0.1, 0.15) is 12.4 Å². The van der Waals surface area contributed by atoms with Crippen LogP contribution in [0.15, 0.2) is 28.2 Å². The molecule has 5 heteroatoms. The quantitative estimate of drug-likeness (QED) is 0.691. The Bertz CT molecular complexity index is 477. The van der Waals surface area contributed by atoms with Gasteiger partial charge in [-0.3, -0.25) is 0 Å². The van der Waals surface area contributed by atoms with Crippen molar-refractivity contribution < 1.29 is 14.2 Å². The number of halogens is 1. The van der Waals surface area contributed by atoms with Gasteiger partial charge in [0.2, 0.25) is 0 Å². The fourth-order valence-corrected chi connectivity index (χ4v) is 2.47. The van der Waals surface area contributed by atoms with E-state index in [1.807, 2.05) is 12.1 Å². The standard InChI is InChI=1S/C16H22BrNO3/c1-19-7-8-20-6-2-5-18-11-13-9-14-10-15(17)3-4-16(14)21-12-13/h3-4,9-10,18H,2,5-8,11-12H2,1H3. The lowest BCUT2D eigenvalue weighted by Crippen LogP contribution is -2.23. The molecule has 1 aliphatic heterocycles. The number of hydrogen-bond donors (Lipinski definition) is 1. The van der Waals surface area contributed by atoms with E-state index in [4.69, 9.17) is 14.2 Å². The average Bonchev–Trinajstić information content (AvgIpc) is 2.49. The van der Waals surface area contributed by atoms with Crippen molar-refractivity contribution in [2.24, 2.45) is 0 Å². The van der Waals surface area contributed by atoms with Crippen LogP contribution in [0.3, 0.4) is 0 Å². The van der Waals surface area contributed by atoms with Crippen molar-refractivity contribution in [2.45, 2.75) is 6.42 Å². The SMILES string of the molecule is COCCOCCCNCC1=Cc2cc(Br)ccc2OC1. The maximum atomic E-state index is 5.75. The monoisotopic (exact) mass is 355 g/mol. The van der Waals surface area contributed by atoms with Crippen LogP contribution in [0.2, 0.25) is 0 Å². The molecule has 1 aromatic carbocycles. The molecule has 4 nitrogen and oxygen atoms in total. The van der Waals surface area contributed by atoms with Crippen molar-refractivity contribution in [2.75, 3.05) is 46.6 Å². The highest BCUT2D eigenvalue weighted by atomic mass is 79.9. The Morgan fingerprint density at radius 3 is 3.05 bits per heavy atom. The zero-order valence-corrected chi connectivity index (χ0v) is 13.9. The minimum Gasteiger partial charge on any atom is -0.489 e. The number of methoxy groups -OCH3 is 1. The Morgan fingerprint density at radius 1 is 1.29 bits per heavy atom. The lowest BCUT2D eigenvalue weighted by atomic mass is 10.1. The summed E-state index contributed by atoms with van der Waals surface area (Å²) in [7, 11) is 1.68. The van der Waals surface area contributed by atoms with Crippen LogP contribution in [0.4, 0.5) is 0 Å². The van der Waals surface area contributed by atoms with Crippen LogP contribution >= 0.6 is 15.9 Å². The van der Waals surface area contributed by atoms with Gasteiger partial charge >= 0.3 is 0 Å². The molecule has 116 valence electrons. The summed E-state index contributed by atoms with van der Waals surface area (Å²) in [5.41, 5.74) is 2.40. The summed E-state index contributed by atoms with van der Waals surface area (Å²) in [6, 6.07) is 6.08. The summed E-state index contributed by atoms with van der Waals surface area (Å²) in [5, 5.41) is 3.42. The molecule has 1 N–H and O–H groups in total. The van der Waals surface area contributed by atoms with Gasteiger partial charge in [-0.2, -0.15) is 0 Å². The topological polar surface area (TPSA) is 39.7 Å². The van der Waals surface area contributed by atoms with Crippen molar-refractivity contribution in [3.8, 4) is 5.75 Å². The molecule has 0 atom stereocenters. The molecule has 1 aliphatic rings. The summed E-state index contributed by atoms with van der Waals surface area (Å²) >= 11 is 3.49. The Balaban J connectivity index is 1.65. The molecule has 21 heavy (non-hydrogen) atoms. The summed E-state index contributed by atoms with van der Waals surface area (Å²) in [4.78, 5) is 0. The summed E-state index contributed by atoms with van der Waals surface area (Å²) in [6.07, 6.45) is 3.20. The first-order chi connectivity index (χ1) is 10.3. The van der Waals surface area contributed by atoms with Crippen LogP contribution in [0.25, 0.3) is 6.08 Å². The third-order valence-electron chi connectivity index (χ3n) is 3.17. The molecule has 0 bridgehead atoms. The van der Waals surface area contributed by atoms with Gasteiger partial charge in [-0.05, 0) is 42.8 Å². The van der Waals surface area contributed by atoms with E-state index in [2.05, 4.69) is 33.4 Å². The lowest BCUT2D eigenvalue weighted by molar-refractivity contribution is 0.0695.